The summed E-state index contributed by atoms with van der Waals surface area (Å²) in [5.74, 6) is 1.08. The Balaban J connectivity index is 1.78. The molecule has 3 nitrogen and oxygen atoms in total. The Morgan fingerprint density at radius 3 is 2.95 bits per heavy atom. The van der Waals surface area contributed by atoms with E-state index in [2.05, 4.69) is 49.3 Å². The summed E-state index contributed by atoms with van der Waals surface area (Å²) in [4.78, 5) is 2.41. The van der Waals surface area contributed by atoms with Crippen molar-refractivity contribution in [1.82, 2.24) is 5.32 Å². The minimum absolute atomic E-state index is 0.260. The van der Waals surface area contributed by atoms with Crippen LogP contribution in [0.15, 0.2) is 18.2 Å². The molecule has 3 rings (SSSR count). The molecule has 0 saturated carbocycles. The van der Waals surface area contributed by atoms with E-state index < -0.39 is 0 Å². The van der Waals surface area contributed by atoms with E-state index in [4.69, 9.17) is 4.74 Å². The first-order chi connectivity index (χ1) is 9.05. The van der Waals surface area contributed by atoms with Gasteiger partial charge in [-0.1, -0.05) is 0 Å². The van der Waals surface area contributed by atoms with Crippen molar-refractivity contribution in [2.24, 2.45) is 0 Å². The average molecular weight is 260 g/mol. The molecule has 0 bridgehead atoms. The van der Waals surface area contributed by atoms with Crippen LogP contribution in [-0.2, 0) is 6.42 Å². The zero-order chi connectivity index (χ0) is 13.5. The van der Waals surface area contributed by atoms with Gasteiger partial charge in [-0.25, -0.2) is 0 Å². The van der Waals surface area contributed by atoms with Gasteiger partial charge in [0, 0.05) is 30.9 Å². The molecule has 1 N–H and O–H groups in total. The lowest BCUT2D eigenvalue weighted by Gasteiger charge is -2.28. The standard InChI is InChI=1S/C16H24N2O/c1-16(2)10-14(11-17-16)18(3)13-6-7-15-12(9-13)5-4-8-19-15/h6-7,9,14,17H,4-5,8,10-11H2,1-3H3. The number of ether oxygens (including phenoxy) is 1. The molecule has 1 unspecified atom stereocenters. The highest BCUT2D eigenvalue weighted by Crippen LogP contribution is 2.31. The molecule has 1 aromatic rings. The van der Waals surface area contributed by atoms with Crippen LogP contribution in [0.4, 0.5) is 5.69 Å². The fourth-order valence-electron chi connectivity index (χ4n) is 3.18. The van der Waals surface area contributed by atoms with Crippen molar-refractivity contribution < 1.29 is 4.74 Å². The van der Waals surface area contributed by atoms with Gasteiger partial charge in [0.1, 0.15) is 5.75 Å². The van der Waals surface area contributed by atoms with E-state index in [1.807, 2.05) is 0 Å². The first kappa shape index (κ1) is 12.8. The minimum atomic E-state index is 0.260. The van der Waals surface area contributed by atoms with Gasteiger partial charge in [0.25, 0.3) is 0 Å². The molecule has 1 atom stereocenters. The highest BCUT2D eigenvalue weighted by atomic mass is 16.5. The van der Waals surface area contributed by atoms with E-state index in [9.17, 15) is 0 Å². The van der Waals surface area contributed by atoms with Gasteiger partial charge >= 0.3 is 0 Å². The third kappa shape index (κ3) is 2.57. The monoisotopic (exact) mass is 260 g/mol. The summed E-state index contributed by atoms with van der Waals surface area (Å²) in [6, 6.07) is 7.21. The van der Waals surface area contributed by atoms with Gasteiger partial charge in [0.2, 0.25) is 0 Å². The summed E-state index contributed by atoms with van der Waals surface area (Å²) in [6.07, 6.45) is 3.47. The number of rotatable bonds is 2. The van der Waals surface area contributed by atoms with Gasteiger partial charge < -0.3 is 15.0 Å². The van der Waals surface area contributed by atoms with Crippen LogP contribution in [0.25, 0.3) is 0 Å². The molecule has 0 aliphatic carbocycles. The molecule has 1 aromatic carbocycles. The molecule has 3 heteroatoms. The van der Waals surface area contributed by atoms with Crippen LogP contribution in [0.5, 0.6) is 5.75 Å². The largest absolute Gasteiger partial charge is 0.493 e. The van der Waals surface area contributed by atoms with Crippen LogP contribution in [0, 0.1) is 0 Å². The summed E-state index contributed by atoms with van der Waals surface area (Å²) in [5.41, 5.74) is 2.94. The quantitative estimate of drug-likeness (QED) is 0.884. The number of anilines is 1. The maximum Gasteiger partial charge on any atom is 0.122 e. The Hall–Kier alpha value is -1.22. The highest BCUT2D eigenvalue weighted by molar-refractivity contribution is 5.54. The molecule has 19 heavy (non-hydrogen) atoms. The smallest absolute Gasteiger partial charge is 0.122 e. The molecule has 0 spiro atoms. The van der Waals surface area contributed by atoms with Crippen LogP contribution >= 0.6 is 0 Å². The fraction of sp³-hybridized carbons (Fsp3) is 0.625. The van der Waals surface area contributed by atoms with E-state index >= 15 is 0 Å². The van der Waals surface area contributed by atoms with Gasteiger partial charge in [-0.2, -0.15) is 0 Å². The summed E-state index contributed by atoms with van der Waals surface area (Å²) in [6.45, 7) is 6.49. The second kappa shape index (κ2) is 4.71. The normalized spacial score (nSPS) is 24.7. The molecular weight excluding hydrogens is 236 g/mol. The Morgan fingerprint density at radius 2 is 2.21 bits per heavy atom. The molecule has 0 radical (unpaired) electrons. The van der Waals surface area contributed by atoms with E-state index in [0.717, 1.165) is 31.7 Å². The van der Waals surface area contributed by atoms with Crippen molar-refractivity contribution in [3.05, 3.63) is 23.8 Å². The van der Waals surface area contributed by atoms with Crippen LogP contribution < -0.4 is 15.0 Å². The molecule has 0 aromatic heterocycles. The van der Waals surface area contributed by atoms with Gasteiger partial charge in [-0.3, -0.25) is 0 Å². The summed E-state index contributed by atoms with van der Waals surface area (Å²) < 4.78 is 5.69. The predicted molar refractivity (Wildman–Crippen MR) is 79.1 cm³/mol. The van der Waals surface area contributed by atoms with Crippen molar-refractivity contribution in [2.75, 3.05) is 25.1 Å². The Morgan fingerprint density at radius 1 is 1.37 bits per heavy atom. The first-order valence-electron chi connectivity index (χ1n) is 7.29. The number of nitrogens with one attached hydrogen (secondary N) is 1. The van der Waals surface area contributed by atoms with E-state index in [1.54, 1.807) is 0 Å². The molecule has 2 heterocycles. The topological polar surface area (TPSA) is 24.5 Å². The van der Waals surface area contributed by atoms with Gasteiger partial charge in [-0.05, 0) is 56.9 Å². The fourth-order valence-corrected chi connectivity index (χ4v) is 3.18. The van der Waals surface area contributed by atoms with Crippen LogP contribution in [-0.4, -0.2) is 31.8 Å². The molecule has 2 aliphatic rings. The molecule has 104 valence electrons. The zero-order valence-corrected chi connectivity index (χ0v) is 12.2. The number of hydrogen-bond acceptors (Lipinski definition) is 3. The maximum atomic E-state index is 5.69. The molecule has 1 fully saturated rings. The number of nitrogens with zero attached hydrogens (tertiary/aromatic N) is 1. The van der Waals surface area contributed by atoms with E-state index in [-0.39, 0.29) is 5.54 Å². The average Bonchev–Trinajstić information content (AvgIpc) is 2.78. The van der Waals surface area contributed by atoms with Crippen molar-refractivity contribution >= 4 is 5.69 Å². The molecule has 1 saturated heterocycles. The second-order valence-corrected chi connectivity index (χ2v) is 6.48. The zero-order valence-electron chi connectivity index (χ0n) is 12.2. The van der Waals surface area contributed by atoms with Gasteiger partial charge in [0.15, 0.2) is 0 Å². The number of aryl methyl sites for hydroxylation is 1. The van der Waals surface area contributed by atoms with Crippen molar-refractivity contribution in [3.63, 3.8) is 0 Å². The number of fused-ring (bicyclic) bond motifs is 1. The summed E-state index contributed by atoms with van der Waals surface area (Å²) in [7, 11) is 2.21. The van der Waals surface area contributed by atoms with Gasteiger partial charge in [0.05, 0.1) is 6.61 Å². The number of likely N-dealkylation sites (N-methyl/N-ethyl adjacent to an activating group) is 1. The number of hydrogen-bond donors (Lipinski definition) is 1. The summed E-state index contributed by atoms with van der Waals surface area (Å²) >= 11 is 0. The van der Waals surface area contributed by atoms with Crippen LogP contribution in [0.3, 0.4) is 0 Å². The minimum Gasteiger partial charge on any atom is -0.493 e. The lowest BCUT2D eigenvalue weighted by atomic mass is 10.00. The Labute approximate surface area is 115 Å². The van der Waals surface area contributed by atoms with Crippen molar-refractivity contribution in [2.45, 2.75) is 44.7 Å². The molecule has 2 aliphatic heterocycles. The lowest BCUT2D eigenvalue weighted by molar-refractivity contribution is 0.288. The second-order valence-electron chi connectivity index (χ2n) is 6.48. The maximum absolute atomic E-state index is 5.69. The predicted octanol–water partition coefficient (Wildman–Crippen LogP) is 2.59. The number of benzene rings is 1. The third-order valence-electron chi connectivity index (χ3n) is 4.41. The molecular formula is C16H24N2O. The van der Waals surface area contributed by atoms with Crippen molar-refractivity contribution in [1.29, 1.82) is 0 Å². The highest BCUT2D eigenvalue weighted by Gasteiger charge is 2.32. The van der Waals surface area contributed by atoms with Crippen molar-refractivity contribution in [3.8, 4) is 5.75 Å². The lowest BCUT2D eigenvalue weighted by Crippen LogP contribution is -2.33. The first-order valence-corrected chi connectivity index (χ1v) is 7.29. The van der Waals surface area contributed by atoms with E-state index in [1.165, 1.54) is 17.7 Å². The van der Waals surface area contributed by atoms with Gasteiger partial charge in [-0.15, -0.1) is 0 Å². The Kier molecular flexibility index (Phi) is 3.17. The SMILES string of the molecule is CN(c1ccc2c(c1)CCCO2)C1CNC(C)(C)C1. The van der Waals surface area contributed by atoms with Crippen LogP contribution in [0.1, 0.15) is 32.3 Å². The molecule has 0 amide bonds. The summed E-state index contributed by atoms with van der Waals surface area (Å²) in [5, 5.41) is 3.59. The third-order valence-corrected chi connectivity index (χ3v) is 4.41. The van der Waals surface area contributed by atoms with Crippen LogP contribution in [0.2, 0.25) is 0 Å². The van der Waals surface area contributed by atoms with E-state index in [0.29, 0.717) is 6.04 Å². The Bertz CT molecular complexity index is 470.